The zero-order valence-electron chi connectivity index (χ0n) is 15.1. The Morgan fingerprint density at radius 3 is 3.00 bits per heavy atom. The van der Waals surface area contributed by atoms with E-state index in [0.717, 1.165) is 37.8 Å². The summed E-state index contributed by atoms with van der Waals surface area (Å²) >= 11 is 0. The van der Waals surface area contributed by atoms with Gasteiger partial charge in [-0.05, 0) is 31.6 Å². The molecule has 2 amide bonds. The monoisotopic (exact) mass is 375 g/mol. The molecule has 146 valence electrons. The van der Waals surface area contributed by atoms with Crippen molar-refractivity contribution in [2.24, 2.45) is 5.92 Å². The Labute approximate surface area is 156 Å². The molecule has 0 bridgehead atoms. The van der Waals surface area contributed by atoms with Crippen molar-refractivity contribution in [2.75, 3.05) is 11.9 Å². The summed E-state index contributed by atoms with van der Waals surface area (Å²) in [6.07, 6.45) is 7.07. The number of aromatic amines is 1. The van der Waals surface area contributed by atoms with Crippen LogP contribution >= 0.6 is 0 Å². The molecule has 1 saturated carbocycles. The average Bonchev–Trinajstić information content (AvgIpc) is 3.35. The van der Waals surface area contributed by atoms with Crippen LogP contribution in [-0.2, 0) is 11.2 Å². The number of nitrogens with one attached hydrogen (secondary N) is 3. The highest BCUT2D eigenvalue weighted by Gasteiger charge is 2.27. The maximum Gasteiger partial charge on any atom is 0.404 e. The van der Waals surface area contributed by atoms with E-state index < -0.39 is 6.09 Å². The lowest BCUT2D eigenvalue weighted by atomic mass is 9.97. The molecule has 2 atom stereocenters. The molecule has 0 spiro atoms. The maximum absolute atomic E-state index is 12.0. The quantitative estimate of drug-likeness (QED) is 0.498. The summed E-state index contributed by atoms with van der Waals surface area (Å²) in [7, 11) is 0. The second-order valence-corrected chi connectivity index (χ2v) is 7.02. The molecule has 2 heterocycles. The Hall–Kier alpha value is -2.84. The Kier molecular flexibility index (Phi) is 6.45. The first-order chi connectivity index (χ1) is 13.1. The largest absolute Gasteiger partial charge is 0.465 e. The molecule has 9 heteroatoms. The van der Waals surface area contributed by atoms with E-state index in [9.17, 15) is 9.59 Å². The van der Waals surface area contributed by atoms with E-state index in [1.54, 1.807) is 6.07 Å². The van der Waals surface area contributed by atoms with E-state index in [1.165, 1.54) is 12.6 Å². The molecule has 1 aliphatic carbocycles. The van der Waals surface area contributed by atoms with Gasteiger partial charge in [-0.1, -0.05) is 18.0 Å². The number of rotatable bonds is 9. The number of unbranched alkanes of at least 4 members (excludes halogenated alkanes) is 1. The lowest BCUT2D eigenvalue weighted by Gasteiger charge is -2.10. The molecule has 3 rings (SSSR count). The fourth-order valence-electron chi connectivity index (χ4n) is 3.66. The molecule has 27 heavy (non-hydrogen) atoms. The van der Waals surface area contributed by atoms with Gasteiger partial charge in [-0.2, -0.15) is 5.10 Å². The van der Waals surface area contributed by atoms with Gasteiger partial charge in [-0.15, -0.1) is 0 Å². The van der Waals surface area contributed by atoms with Crippen LogP contribution in [0.15, 0.2) is 22.9 Å². The number of nitrogens with zero attached hydrogens (tertiary/aromatic N) is 2. The van der Waals surface area contributed by atoms with Gasteiger partial charge in [0.15, 0.2) is 5.82 Å². The third kappa shape index (κ3) is 5.83. The van der Waals surface area contributed by atoms with Crippen LogP contribution in [-0.4, -0.2) is 39.0 Å². The van der Waals surface area contributed by atoms with Crippen molar-refractivity contribution in [3.63, 3.8) is 0 Å². The summed E-state index contributed by atoms with van der Waals surface area (Å²) in [5.41, 5.74) is 1.06. The number of hydrogen-bond acceptors (Lipinski definition) is 5. The van der Waals surface area contributed by atoms with E-state index in [0.29, 0.717) is 30.0 Å². The first-order valence-electron chi connectivity index (χ1n) is 9.31. The van der Waals surface area contributed by atoms with Crippen molar-refractivity contribution in [1.82, 2.24) is 20.7 Å². The summed E-state index contributed by atoms with van der Waals surface area (Å²) in [5.74, 6) is 1.94. The Morgan fingerprint density at radius 1 is 1.33 bits per heavy atom. The zero-order chi connectivity index (χ0) is 19.1. The highest BCUT2D eigenvalue weighted by atomic mass is 16.5. The van der Waals surface area contributed by atoms with Crippen LogP contribution in [0.2, 0.25) is 0 Å². The minimum absolute atomic E-state index is 0.129. The van der Waals surface area contributed by atoms with E-state index in [-0.39, 0.29) is 12.3 Å². The highest BCUT2D eigenvalue weighted by molar-refractivity contribution is 5.91. The lowest BCUT2D eigenvalue weighted by Crippen LogP contribution is -2.21. The SMILES string of the molecule is O=C(O)NCCCCC1CCC(c2cc(NC(=O)Cc3ccno3)n[nH]2)C1. The summed E-state index contributed by atoms with van der Waals surface area (Å²) in [5, 5.41) is 24.5. The smallest absolute Gasteiger partial charge is 0.404 e. The first kappa shape index (κ1) is 18.9. The normalized spacial score (nSPS) is 19.1. The summed E-state index contributed by atoms with van der Waals surface area (Å²) in [4.78, 5) is 22.4. The molecule has 1 fully saturated rings. The van der Waals surface area contributed by atoms with Crippen molar-refractivity contribution in [3.8, 4) is 0 Å². The first-order valence-corrected chi connectivity index (χ1v) is 9.31. The molecule has 2 unspecified atom stereocenters. The fourth-order valence-corrected chi connectivity index (χ4v) is 3.66. The van der Waals surface area contributed by atoms with Crippen molar-refractivity contribution in [2.45, 2.75) is 50.9 Å². The van der Waals surface area contributed by atoms with Gasteiger partial charge >= 0.3 is 6.09 Å². The molecule has 0 aromatic carbocycles. The highest BCUT2D eigenvalue weighted by Crippen LogP contribution is 2.40. The van der Waals surface area contributed by atoms with Crippen LogP contribution in [0.3, 0.4) is 0 Å². The topological polar surface area (TPSA) is 133 Å². The van der Waals surface area contributed by atoms with Gasteiger partial charge in [-0.3, -0.25) is 9.89 Å². The molecule has 0 aliphatic heterocycles. The lowest BCUT2D eigenvalue weighted by molar-refractivity contribution is -0.115. The maximum atomic E-state index is 12.0. The minimum atomic E-state index is -0.959. The molecule has 0 saturated heterocycles. The van der Waals surface area contributed by atoms with Gasteiger partial charge in [0.2, 0.25) is 5.91 Å². The molecular weight excluding hydrogens is 350 g/mol. The van der Waals surface area contributed by atoms with Crippen LogP contribution in [0.1, 0.15) is 55.9 Å². The molecule has 1 aliphatic rings. The predicted octanol–water partition coefficient (Wildman–Crippen LogP) is 2.90. The average molecular weight is 375 g/mol. The van der Waals surface area contributed by atoms with E-state index in [1.807, 2.05) is 6.07 Å². The summed E-state index contributed by atoms with van der Waals surface area (Å²) in [6.45, 7) is 0.517. The number of amides is 2. The van der Waals surface area contributed by atoms with E-state index >= 15 is 0 Å². The molecule has 4 N–H and O–H groups in total. The van der Waals surface area contributed by atoms with E-state index in [4.69, 9.17) is 9.63 Å². The van der Waals surface area contributed by atoms with Crippen LogP contribution in [0.5, 0.6) is 0 Å². The number of anilines is 1. The van der Waals surface area contributed by atoms with Crippen LogP contribution in [0, 0.1) is 5.92 Å². The fraction of sp³-hybridized carbons (Fsp3) is 0.556. The summed E-state index contributed by atoms with van der Waals surface area (Å²) in [6, 6.07) is 3.56. The second-order valence-electron chi connectivity index (χ2n) is 7.02. The van der Waals surface area contributed by atoms with Gasteiger partial charge in [0.25, 0.3) is 0 Å². The number of hydrogen-bond donors (Lipinski definition) is 4. The number of carbonyl (C=O) groups is 2. The number of aromatic nitrogens is 3. The standard InChI is InChI=1S/C18H25N5O4/c24-17(10-14-6-8-20-27-14)21-16-11-15(22-23-16)13-5-4-12(9-13)3-1-2-7-19-18(25)26/h6,8,11-13,19H,1-5,7,9-10H2,(H,25,26)(H2,21,22,23,24). The Bertz CT molecular complexity index is 743. The van der Waals surface area contributed by atoms with Gasteiger partial charge in [0.05, 0.1) is 12.6 Å². The van der Waals surface area contributed by atoms with Crippen molar-refractivity contribution < 1.29 is 19.2 Å². The number of carbonyl (C=O) groups excluding carboxylic acids is 1. The van der Waals surface area contributed by atoms with Crippen molar-refractivity contribution >= 4 is 17.8 Å². The summed E-state index contributed by atoms with van der Waals surface area (Å²) < 4.78 is 4.93. The van der Waals surface area contributed by atoms with Crippen molar-refractivity contribution in [3.05, 3.63) is 29.8 Å². The number of H-pyrrole nitrogens is 1. The molecule has 2 aromatic heterocycles. The van der Waals surface area contributed by atoms with Crippen molar-refractivity contribution in [1.29, 1.82) is 0 Å². The Morgan fingerprint density at radius 2 is 2.22 bits per heavy atom. The van der Waals surface area contributed by atoms with E-state index in [2.05, 4.69) is 26.0 Å². The number of carboxylic acid groups (broad SMARTS) is 1. The molecule has 2 aromatic rings. The molecule has 9 nitrogen and oxygen atoms in total. The van der Waals surface area contributed by atoms with Crippen LogP contribution < -0.4 is 10.6 Å². The van der Waals surface area contributed by atoms with Gasteiger partial charge in [0, 0.05) is 30.3 Å². The van der Waals surface area contributed by atoms with Crippen LogP contribution in [0.25, 0.3) is 0 Å². The third-order valence-electron chi connectivity index (χ3n) is 4.99. The van der Waals surface area contributed by atoms with Crippen LogP contribution in [0.4, 0.5) is 10.6 Å². The zero-order valence-corrected chi connectivity index (χ0v) is 15.1. The second kappa shape index (κ2) is 9.20. The van der Waals surface area contributed by atoms with Gasteiger partial charge < -0.3 is 20.3 Å². The van der Waals surface area contributed by atoms with Gasteiger partial charge in [0.1, 0.15) is 5.76 Å². The molecule has 0 radical (unpaired) electrons. The molecular formula is C18H25N5O4. The third-order valence-corrected chi connectivity index (χ3v) is 4.99. The minimum Gasteiger partial charge on any atom is -0.465 e. The van der Waals surface area contributed by atoms with Gasteiger partial charge in [-0.25, -0.2) is 4.79 Å². The Balaban J connectivity index is 1.39. The predicted molar refractivity (Wildman–Crippen MR) is 97.4 cm³/mol.